The van der Waals surface area contributed by atoms with Crippen LogP contribution in [-0.2, 0) is 19.6 Å². The minimum absolute atomic E-state index is 0.0496. The maximum atomic E-state index is 13.1. The van der Waals surface area contributed by atoms with Crippen LogP contribution in [0.15, 0.2) is 29.2 Å². The fraction of sp³-hybridized carbons (Fsp3) is 0.680. The second-order valence-corrected chi connectivity index (χ2v) is 11.8. The highest BCUT2D eigenvalue weighted by Gasteiger charge is 2.32. The van der Waals surface area contributed by atoms with Crippen LogP contribution in [0.2, 0.25) is 0 Å². The summed E-state index contributed by atoms with van der Waals surface area (Å²) in [4.78, 5) is 27.9. The van der Waals surface area contributed by atoms with Crippen molar-refractivity contribution in [3.8, 4) is 0 Å². The van der Waals surface area contributed by atoms with Crippen molar-refractivity contribution in [3.63, 3.8) is 0 Å². The van der Waals surface area contributed by atoms with E-state index in [4.69, 9.17) is 0 Å². The van der Waals surface area contributed by atoms with Crippen molar-refractivity contribution in [1.29, 1.82) is 0 Å². The van der Waals surface area contributed by atoms with Gasteiger partial charge in [0.25, 0.3) is 0 Å². The lowest BCUT2D eigenvalue weighted by atomic mass is 9.87. The summed E-state index contributed by atoms with van der Waals surface area (Å²) in [6, 6.07) is 5.72. The Labute approximate surface area is 198 Å². The number of nitrogens with one attached hydrogen (secondary N) is 2. The fourth-order valence-corrected chi connectivity index (χ4v) is 6.01. The van der Waals surface area contributed by atoms with Crippen LogP contribution in [0.5, 0.6) is 0 Å². The molecule has 1 atom stereocenters. The number of hydrogen-bond acceptors (Lipinski definition) is 4. The molecule has 33 heavy (non-hydrogen) atoms. The molecule has 1 aliphatic heterocycles. The van der Waals surface area contributed by atoms with Gasteiger partial charge in [-0.1, -0.05) is 50.8 Å². The van der Waals surface area contributed by atoms with Gasteiger partial charge in [0.2, 0.25) is 21.8 Å². The number of aryl methyl sites for hydroxylation is 1. The van der Waals surface area contributed by atoms with E-state index in [9.17, 15) is 18.0 Å². The molecule has 3 rings (SSSR count). The highest BCUT2D eigenvalue weighted by molar-refractivity contribution is 7.89. The first kappa shape index (κ1) is 25.7. The number of carbonyl (C=O) groups is 2. The fourth-order valence-electron chi connectivity index (χ4n) is 4.81. The zero-order chi connectivity index (χ0) is 24.0. The van der Waals surface area contributed by atoms with Crippen LogP contribution >= 0.6 is 0 Å². The van der Waals surface area contributed by atoms with Crippen LogP contribution in [0.4, 0.5) is 0 Å². The smallest absolute Gasteiger partial charge is 0.241 e. The van der Waals surface area contributed by atoms with Gasteiger partial charge in [0, 0.05) is 25.0 Å². The first-order chi connectivity index (χ1) is 15.7. The van der Waals surface area contributed by atoms with Crippen molar-refractivity contribution in [2.24, 2.45) is 11.8 Å². The van der Waals surface area contributed by atoms with E-state index in [0.717, 1.165) is 31.2 Å². The van der Waals surface area contributed by atoms with Crippen LogP contribution in [0.3, 0.4) is 0 Å². The molecule has 8 heteroatoms. The Morgan fingerprint density at radius 2 is 1.61 bits per heavy atom. The molecule has 2 amide bonds. The largest absolute Gasteiger partial charge is 0.352 e. The summed E-state index contributed by atoms with van der Waals surface area (Å²) in [6.45, 7) is 7.12. The summed E-state index contributed by atoms with van der Waals surface area (Å²) in [5.74, 6) is 0.285. The van der Waals surface area contributed by atoms with Gasteiger partial charge in [0.15, 0.2) is 0 Å². The zero-order valence-corrected chi connectivity index (χ0v) is 21.0. The van der Waals surface area contributed by atoms with Crippen molar-refractivity contribution in [2.75, 3.05) is 13.1 Å². The van der Waals surface area contributed by atoms with E-state index < -0.39 is 16.1 Å². The Bertz CT molecular complexity index is 900. The Morgan fingerprint density at radius 3 is 2.18 bits per heavy atom. The minimum Gasteiger partial charge on any atom is -0.352 e. The molecule has 1 heterocycles. The van der Waals surface area contributed by atoms with Crippen LogP contribution in [0, 0.1) is 18.8 Å². The molecule has 1 unspecified atom stereocenters. The van der Waals surface area contributed by atoms with Crippen LogP contribution < -0.4 is 10.0 Å². The van der Waals surface area contributed by atoms with Crippen molar-refractivity contribution in [2.45, 2.75) is 89.1 Å². The predicted molar refractivity (Wildman–Crippen MR) is 129 cm³/mol. The van der Waals surface area contributed by atoms with E-state index in [2.05, 4.69) is 10.0 Å². The molecule has 1 saturated heterocycles. The molecule has 7 nitrogen and oxygen atoms in total. The van der Waals surface area contributed by atoms with E-state index in [1.165, 1.54) is 6.42 Å². The summed E-state index contributed by atoms with van der Waals surface area (Å²) in [5.41, 5.74) is 0.971. The summed E-state index contributed by atoms with van der Waals surface area (Å²) in [5, 5.41) is 3.04. The number of hydrogen-bond donors (Lipinski definition) is 2. The van der Waals surface area contributed by atoms with E-state index in [1.807, 2.05) is 25.7 Å². The van der Waals surface area contributed by atoms with Gasteiger partial charge >= 0.3 is 0 Å². The lowest BCUT2D eigenvalue weighted by molar-refractivity contribution is -0.137. The monoisotopic (exact) mass is 477 g/mol. The Kier molecular flexibility index (Phi) is 8.93. The molecule has 0 bridgehead atoms. The molecule has 1 aromatic carbocycles. The van der Waals surface area contributed by atoms with Crippen LogP contribution in [-0.4, -0.2) is 50.3 Å². The minimum atomic E-state index is -3.80. The molecule has 0 spiro atoms. The molecule has 2 aliphatic rings. The summed E-state index contributed by atoms with van der Waals surface area (Å²) >= 11 is 0. The molecule has 1 aromatic rings. The highest BCUT2D eigenvalue weighted by atomic mass is 32.2. The molecule has 1 aliphatic carbocycles. The third-order valence-corrected chi connectivity index (χ3v) is 8.25. The Morgan fingerprint density at radius 1 is 1.00 bits per heavy atom. The third kappa shape index (κ3) is 7.27. The lowest BCUT2D eigenvalue weighted by Gasteiger charge is -2.36. The normalized spacial score (nSPS) is 19.5. The quantitative estimate of drug-likeness (QED) is 0.600. The van der Waals surface area contributed by atoms with Crippen molar-refractivity contribution < 1.29 is 18.0 Å². The number of carbonyl (C=O) groups excluding carboxylic acids is 2. The first-order valence-corrected chi connectivity index (χ1v) is 13.8. The summed E-state index contributed by atoms with van der Waals surface area (Å²) in [6.07, 6.45) is 7.30. The second kappa shape index (κ2) is 11.5. The molecular formula is C25H39N3O4S. The van der Waals surface area contributed by atoms with Gasteiger partial charge in [-0.3, -0.25) is 9.59 Å². The van der Waals surface area contributed by atoms with Gasteiger partial charge in [-0.05, 0) is 57.1 Å². The number of amides is 2. The van der Waals surface area contributed by atoms with Gasteiger partial charge in [-0.2, -0.15) is 4.72 Å². The van der Waals surface area contributed by atoms with Gasteiger partial charge in [-0.25, -0.2) is 8.42 Å². The van der Waals surface area contributed by atoms with Gasteiger partial charge < -0.3 is 10.2 Å². The van der Waals surface area contributed by atoms with E-state index in [1.54, 1.807) is 24.3 Å². The average molecular weight is 478 g/mol. The molecule has 184 valence electrons. The Balaban J connectivity index is 1.56. The maximum Gasteiger partial charge on any atom is 0.241 e. The van der Waals surface area contributed by atoms with Gasteiger partial charge in [0.1, 0.15) is 6.04 Å². The topological polar surface area (TPSA) is 95.6 Å². The predicted octanol–water partition coefficient (Wildman–Crippen LogP) is 3.38. The number of piperidine rings is 1. The molecule has 0 aromatic heterocycles. The number of rotatable bonds is 8. The van der Waals surface area contributed by atoms with Crippen LogP contribution in [0.25, 0.3) is 0 Å². The standard InChI is InChI=1S/C25H39N3O4S/c1-18(2)17-23(27-33(31,32)22-11-9-19(3)10-12-22)24(29)26-21-13-15-28(16-14-21)25(30)20-7-5-4-6-8-20/h9-12,18,20-21,23,27H,4-8,13-17H2,1-3H3,(H,26,29). The van der Waals surface area contributed by atoms with Gasteiger partial charge in [-0.15, -0.1) is 0 Å². The second-order valence-electron chi connectivity index (χ2n) is 10.1. The number of likely N-dealkylation sites (tertiary alicyclic amines) is 1. The maximum absolute atomic E-state index is 13.1. The Hall–Kier alpha value is -1.93. The highest BCUT2D eigenvalue weighted by Crippen LogP contribution is 2.26. The van der Waals surface area contributed by atoms with Crippen molar-refractivity contribution >= 4 is 21.8 Å². The molecular weight excluding hydrogens is 438 g/mol. The number of sulfonamides is 1. The summed E-state index contributed by atoms with van der Waals surface area (Å²) < 4.78 is 28.3. The summed E-state index contributed by atoms with van der Waals surface area (Å²) in [7, 11) is -3.80. The van der Waals surface area contributed by atoms with E-state index in [-0.39, 0.29) is 34.6 Å². The molecule has 1 saturated carbocycles. The third-order valence-electron chi connectivity index (χ3n) is 6.76. The van der Waals surface area contributed by atoms with E-state index in [0.29, 0.717) is 32.4 Å². The van der Waals surface area contributed by atoms with Gasteiger partial charge in [0.05, 0.1) is 4.90 Å². The van der Waals surface area contributed by atoms with Crippen molar-refractivity contribution in [1.82, 2.24) is 14.9 Å². The van der Waals surface area contributed by atoms with Crippen LogP contribution in [0.1, 0.15) is 70.8 Å². The number of nitrogens with zero attached hydrogens (tertiary/aromatic N) is 1. The molecule has 2 N–H and O–H groups in total. The molecule has 2 fully saturated rings. The first-order valence-electron chi connectivity index (χ1n) is 12.3. The number of benzene rings is 1. The average Bonchev–Trinajstić information content (AvgIpc) is 2.79. The SMILES string of the molecule is Cc1ccc(S(=O)(=O)NC(CC(C)C)C(=O)NC2CCN(C(=O)C3CCCCC3)CC2)cc1. The lowest BCUT2D eigenvalue weighted by Crippen LogP contribution is -2.53. The zero-order valence-electron chi connectivity index (χ0n) is 20.2. The molecule has 0 radical (unpaired) electrons. The van der Waals surface area contributed by atoms with Crippen molar-refractivity contribution in [3.05, 3.63) is 29.8 Å². The van der Waals surface area contributed by atoms with E-state index >= 15 is 0 Å².